The molecule has 11 heteroatoms. The van der Waals surface area contributed by atoms with E-state index < -0.39 is 12.1 Å². The number of halogens is 3. The Balaban J connectivity index is 0.000000559. The molecule has 4 rings (SSSR count). The molecule has 40 heavy (non-hydrogen) atoms. The Morgan fingerprint density at radius 3 is 1.88 bits per heavy atom. The lowest BCUT2D eigenvalue weighted by molar-refractivity contribution is -0.192. The fourth-order valence-corrected chi connectivity index (χ4v) is 5.10. The molecule has 2 aromatic carbocycles. The minimum absolute atomic E-state index is 0.0499. The number of alkyl halides is 3. The maximum atomic E-state index is 12.8. The van der Waals surface area contributed by atoms with Crippen LogP contribution in [0.1, 0.15) is 28.1 Å². The number of aliphatic carboxylic acids is 1. The minimum Gasteiger partial charge on any atom is -0.475 e. The number of hydrogen-bond donors (Lipinski definition) is 2. The Hall–Kier alpha value is -3.57. The number of carboxylic acid groups (broad SMARTS) is 1. The largest absolute Gasteiger partial charge is 0.490 e. The number of carbonyl (C=O) groups excluding carboxylic acids is 1. The summed E-state index contributed by atoms with van der Waals surface area (Å²) in [7, 11) is 8.20. The third-order valence-electron chi connectivity index (χ3n) is 6.52. The number of anilines is 2. The lowest BCUT2D eigenvalue weighted by atomic mass is 10.0. The molecule has 0 unspecified atom stereocenters. The highest BCUT2D eigenvalue weighted by atomic mass is 32.1. The summed E-state index contributed by atoms with van der Waals surface area (Å²) in [5.74, 6) is -2.71. The molecule has 7 nitrogen and oxygen atoms in total. The number of benzene rings is 2. The van der Waals surface area contributed by atoms with Crippen LogP contribution in [-0.2, 0) is 11.3 Å². The Morgan fingerprint density at radius 2 is 1.40 bits per heavy atom. The fraction of sp³-hybridized carbons (Fsp3) is 0.379. The van der Waals surface area contributed by atoms with Gasteiger partial charge in [-0.2, -0.15) is 13.2 Å². The van der Waals surface area contributed by atoms with Crippen molar-refractivity contribution in [3.63, 3.8) is 0 Å². The number of nitrogens with zero attached hydrogens (tertiary/aromatic N) is 3. The van der Waals surface area contributed by atoms with Crippen LogP contribution in [-0.4, -0.2) is 75.4 Å². The van der Waals surface area contributed by atoms with E-state index >= 15 is 0 Å². The molecule has 0 saturated carbocycles. The van der Waals surface area contributed by atoms with E-state index in [1.54, 1.807) is 11.3 Å². The summed E-state index contributed by atoms with van der Waals surface area (Å²) in [6.45, 7) is 2.98. The van der Waals surface area contributed by atoms with Crippen LogP contribution in [0.5, 0.6) is 0 Å². The topological polar surface area (TPSA) is 76.1 Å². The van der Waals surface area contributed by atoms with Gasteiger partial charge in [0.05, 0.1) is 4.88 Å². The molecule has 0 atom stereocenters. The SMILES string of the molecule is CN(C)c1ccc(CN2CCC(NC(=O)c3ccc(-c4ccc(N(C)C)cc4)s3)CC2)cc1.O=C(O)C(F)(F)F. The first-order valence-corrected chi connectivity index (χ1v) is 13.6. The third-order valence-corrected chi connectivity index (χ3v) is 7.66. The molecular weight excluding hydrogens is 541 g/mol. The van der Waals surface area contributed by atoms with Gasteiger partial charge in [0.2, 0.25) is 0 Å². The molecule has 216 valence electrons. The molecule has 1 amide bonds. The number of carbonyl (C=O) groups is 2. The number of nitrogens with one attached hydrogen (secondary N) is 1. The van der Waals surface area contributed by atoms with Crippen molar-refractivity contribution in [3.8, 4) is 10.4 Å². The number of likely N-dealkylation sites (tertiary alicyclic amines) is 1. The maximum Gasteiger partial charge on any atom is 0.490 e. The van der Waals surface area contributed by atoms with Crippen molar-refractivity contribution in [1.29, 1.82) is 0 Å². The van der Waals surface area contributed by atoms with Gasteiger partial charge in [-0.25, -0.2) is 4.79 Å². The fourth-order valence-electron chi connectivity index (χ4n) is 4.19. The van der Waals surface area contributed by atoms with Gasteiger partial charge in [0.15, 0.2) is 0 Å². The summed E-state index contributed by atoms with van der Waals surface area (Å²) in [6, 6.07) is 21.5. The first-order valence-electron chi connectivity index (χ1n) is 12.8. The molecule has 1 aliphatic heterocycles. The lowest BCUT2D eigenvalue weighted by Crippen LogP contribution is -2.44. The lowest BCUT2D eigenvalue weighted by Gasteiger charge is -2.32. The molecule has 0 spiro atoms. The van der Waals surface area contributed by atoms with Gasteiger partial charge in [-0.1, -0.05) is 24.3 Å². The smallest absolute Gasteiger partial charge is 0.475 e. The Labute approximate surface area is 236 Å². The van der Waals surface area contributed by atoms with Crippen molar-refractivity contribution in [1.82, 2.24) is 10.2 Å². The van der Waals surface area contributed by atoms with Crippen molar-refractivity contribution in [2.75, 3.05) is 51.1 Å². The second kappa shape index (κ2) is 13.7. The maximum absolute atomic E-state index is 12.8. The zero-order valence-corrected chi connectivity index (χ0v) is 23.9. The number of carboxylic acids is 1. The average molecular weight is 577 g/mol. The number of amides is 1. The van der Waals surface area contributed by atoms with Gasteiger partial charge >= 0.3 is 12.1 Å². The minimum atomic E-state index is -5.08. The third kappa shape index (κ3) is 8.99. The van der Waals surface area contributed by atoms with E-state index in [-0.39, 0.29) is 11.9 Å². The molecule has 0 aliphatic carbocycles. The van der Waals surface area contributed by atoms with Crippen molar-refractivity contribution in [3.05, 3.63) is 71.1 Å². The molecule has 2 N–H and O–H groups in total. The molecule has 1 aliphatic rings. The molecule has 0 radical (unpaired) electrons. The van der Waals surface area contributed by atoms with Gasteiger partial charge in [0.25, 0.3) is 5.91 Å². The summed E-state index contributed by atoms with van der Waals surface area (Å²) in [4.78, 5) is 30.3. The van der Waals surface area contributed by atoms with E-state index in [0.29, 0.717) is 0 Å². The van der Waals surface area contributed by atoms with Crippen LogP contribution < -0.4 is 15.1 Å². The van der Waals surface area contributed by atoms with E-state index in [9.17, 15) is 18.0 Å². The summed E-state index contributed by atoms with van der Waals surface area (Å²) in [5.41, 5.74) is 4.89. The zero-order valence-electron chi connectivity index (χ0n) is 23.0. The van der Waals surface area contributed by atoms with Crippen LogP contribution in [0.25, 0.3) is 10.4 Å². The van der Waals surface area contributed by atoms with Crippen molar-refractivity contribution in [2.45, 2.75) is 31.6 Å². The van der Waals surface area contributed by atoms with Gasteiger partial charge in [-0.3, -0.25) is 9.69 Å². The van der Waals surface area contributed by atoms with Crippen LogP contribution in [0.2, 0.25) is 0 Å². The van der Waals surface area contributed by atoms with Crippen molar-refractivity contribution in [2.24, 2.45) is 0 Å². The van der Waals surface area contributed by atoms with Gasteiger partial charge < -0.3 is 20.2 Å². The van der Waals surface area contributed by atoms with E-state index in [1.807, 2.05) is 20.2 Å². The average Bonchev–Trinajstić information content (AvgIpc) is 3.41. The second-order valence-electron chi connectivity index (χ2n) is 9.99. The molecule has 1 fully saturated rings. The summed E-state index contributed by atoms with van der Waals surface area (Å²) in [6.07, 6.45) is -3.10. The number of thiophene rings is 1. The predicted octanol–water partition coefficient (Wildman–Crippen LogP) is 5.57. The van der Waals surface area contributed by atoms with Gasteiger partial charge in [0, 0.05) is 70.1 Å². The van der Waals surface area contributed by atoms with E-state index in [2.05, 4.69) is 88.7 Å². The summed E-state index contributed by atoms with van der Waals surface area (Å²) in [5, 5.41) is 10.4. The molecule has 1 saturated heterocycles. The van der Waals surface area contributed by atoms with Crippen LogP contribution in [0.4, 0.5) is 24.5 Å². The highest BCUT2D eigenvalue weighted by Crippen LogP contribution is 2.30. The van der Waals surface area contributed by atoms with Crippen LogP contribution in [0.3, 0.4) is 0 Å². The van der Waals surface area contributed by atoms with Crippen molar-refractivity contribution < 1.29 is 27.9 Å². The van der Waals surface area contributed by atoms with Crippen LogP contribution in [0, 0.1) is 0 Å². The normalized spacial score (nSPS) is 14.2. The number of rotatable bonds is 7. The van der Waals surface area contributed by atoms with Crippen LogP contribution in [0.15, 0.2) is 60.7 Å². The Morgan fingerprint density at radius 1 is 0.900 bits per heavy atom. The zero-order chi connectivity index (χ0) is 29.4. The van der Waals surface area contributed by atoms with E-state index in [4.69, 9.17) is 9.90 Å². The van der Waals surface area contributed by atoms with Gasteiger partial charge in [0.1, 0.15) is 0 Å². The molecular formula is C29H35F3N4O3S. The quantitative estimate of drug-likeness (QED) is 0.383. The van der Waals surface area contributed by atoms with Gasteiger partial charge in [-0.05, 0) is 60.4 Å². The highest BCUT2D eigenvalue weighted by molar-refractivity contribution is 7.17. The van der Waals surface area contributed by atoms with Crippen molar-refractivity contribution >= 4 is 34.6 Å². The summed E-state index contributed by atoms with van der Waals surface area (Å²) < 4.78 is 31.7. The monoisotopic (exact) mass is 576 g/mol. The van der Waals surface area contributed by atoms with E-state index in [0.717, 1.165) is 47.8 Å². The number of piperidine rings is 1. The number of hydrogen-bond acceptors (Lipinski definition) is 6. The highest BCUT2D eigenvalue weighted by Gasteiger charge is 2.38. The Bertz CT molecular complexity index is 1250. The molecule has 3 aromatic rings. The second-order valence-corrected chi connectivity index (χ2v) is 11.1. The standard InChI is InChI=1S/C27H34N4OS.C2HF3O2/c1-29(2)23-9-5-20(6-10-23)19-31-17-15-22(16-18-31)28-27(32)26-14-13-25(33-26)21-7-11-24(12-8-21)30(3)4;3-2(4,5)1(6)7/h5-14,22H,15-19H2,1-4H3,(H,28,32);(H,6,7). The van der Waals surface area contributed by atoms with E-state index in [1.165, 1.54) is 16.9 Å². The molecule has 2 heterocycles. The predicted molar refractivity (Wildman–Crippen MR) is 154 cm³/mol. The first kappa shape index (κ1) is 31.0. The molecule has 0 bridgehead atoms. The van der Waals surface area contributed by atoms with Gasteiger partial charge in [-0.15, -0.1) is 11.3 Å². The van der Waals surface area contributed by atoms with Crippen LogP contribution >= 0.6 is 11.3 Å². The Kier molecular flexibility index (Phi) is 10.6. The first-order chi connectivity index (χ1) is 18.8. The summed E-state index contributed by atoms with van der Waals surface area (Å²) >= 11 is 1.56. The molecule has 1 aromatic heterocycles.